The second kappa shape index (κ2) is 7.16. The van der Waals surface area contributed by atoms with Crippen molar-refractivity contribution in [3.05, 3.63) is 56.5 Å². The van der Waals surface area contributed by atoms with Gasteiger partial charge < -0.3 is 10.1 Å². The van der Waals surface area contributed by atoms with Crippen molar-refractivity contribution < 1.29 is 9.53 Å². The van der Waals surface area contributed by atoms with Crippen LogP contribution in [0.1, 0.15) is 16.7 Å². The summed E-state index contributed by atoms with van der Waals surface area (Å²) in [7, 11) is 0. The van der Waals surface area contributed by atoms with Crippen LogP contribution in [0.5, 0.6) is 5.75 Å². The molecule has 0 unspecified atom stereocenters. The Balaban J connectivity index is 2.03. The van der Waals surface area contributed by atoms with E-state index in [1.807, 2.05) is 39.0 Å². The van der Waals surface area contributed by atoms with Crippen LogP contribution in [-0.4, -0.2) is 12.5 Å². The molecule has 0 atom stereocenters. The number of carbonyl (C=O) groups excluding carboxylic acids is 1. The van der Waals surface area contributed by atoms with Gasteiger partial charge in [-0.3, -0.25) is 4.79 Å². The summed E-state index contributed by atoms with van der Waals surface area (Å²) in [6.07, 6.45) is 0. The third-order valence-corrected chi connectivity index (χ3v) is 4.26. The predicted molar refractivity (Wildman–Crippen MR) is 93.9 cm³/mol. The van der Waals surface area contributed by atoms with Crippen LogP contribution in [0.25, 0.3) is 0 Å². The van der Waals surface area contributed by atoms with Crippen LogP contribution in [0.15, 0.2) is 34.8 Å². The lowest BCUT2D eigenvalue weighted by Crippen LogP contribution is -2.21. The number of nitrogens with one attached hydrogen (secondary N) is 1. The summed E-state index contributed by atoms with van der Waals surface area (Å²) in [4.78, 5) is 12.0. The van der Waals surface area contributed by atoms with Crippen molar-refractivity contribution in [2.24, 2.45) is 0 Å². The molecule has 5 heteroatoms. The van der Waals surface area contributed by atoms with Gasteiger partial charge in [0.2, 0.25) is 0 Å². The van der Waals surface area contributed by atoms with Gasteiger partial charge in [-0.25, -0.2) is 0 Å². The molecule has 0 aliphatic heterocycles. The van der Waals surface area contributed by atoms with Crippen molar-refractivity contribution in [2.75, 3.05) is 11.9 Å². The van der Waals surface area contributed by atoms with E-state index in [0.29, 0.717) is 16.5 Å². The molecular weight excluding hydrogens is 366 g/mol. The van der Waals surface area contributed by atoms with E-state index in [2.05, 4.69) is 21.2 Å². The van der Waals surface area contributed by atoms with E-state index in [4.69, 9.17) is 16.3 Å². The van der Waals surface area contributed by atoms with Crippen LogP contribution in [0, 0.1) is 20.8 Å². The third-order valence-electron chi connectivity index (χ3n) is 3.26. The van der Waals surface area contributed by atoms with Gasteiger partial charge in [0.1, 0.15) is 5.75 Å². The van der Waals surface area contributed by atoms with Crippen LogP contribution >= 0.6 is 27.5 Å². The van der Waals surface area contributed by atoms with Crippen LogP contribution in [0.2, 0.25) is 5.02 Å². The average molecular weight is 383 g/mol. The number of anilines is 1. The molecule has 2 aromatic rings. The number of hydrogen-bond donors (Lipinski definition) is 1. The minimum absolute atomic E-state index is 0.0611. The first kappa shape index (κ1) is 16.8. The van der Waals surface area contributed by atoms with Crippen LogP contribution in [-0.2, 0) is 4.79 Å². The molecule has 0 radical (unpaired) electrons. The Kier molecular flexibility index (Phi) is 5.48. The molecule has 2 rings (SSSR count). The Hall–Kier alpha value is -1.52. The molecule has 0 saturated heterocycles. The van der Waals surface area contributed by atoms with E-state index in [9.17, 15) is 4.79 Å². The molecule has 1 N–H and O–H groups in total. The fourth-order valence-electron chi connectivity index (χ4n) is 2.15. The second-order valence-electron chi connectivity index (χ2n) is 5.14. The molecule has 2 aromatic carbocycles. The SMILES string of the molecule is Cc1cc(C)c(OCC(=O)Nc2cccc(Cl)c2C)c(Br)c1. The smallest absolute Gasteiger partial charge is 0.262 e. The zero-order chi connectivity index (χ0) is 16.3. The number of aryl methyl sites for hydroxylation is 2. The van der Waals surface area contributed by atoms with Crippen molar-refractivity contribution in [1.82, 2.24) is 0 Å². The normalized spacial score (nSPS) is 10.4. The van der Waals surface area contributed by atoms with E-state index in [0.717, 1.165) is 21.2 Å². The van der Waals surface area contributed by atoms with Gasteiger partial charge in [-0.05, 0) is 71.6 Å². The Morgan fingerprint density at radius 2 is 2.00 bits per heavy atom. The molecule has 0 heterocycles. The summed E-state index contributed by atoms with van der Waals surface area (Å²) in [6.45, 7) is 5.76. The Labute approximate surface area is 143 Å². The van der Waals surface area contributed by atoms with Crippen molar-refractivity contribution in [1.29, 1.82) is 0 Å². The predicted octanol–water partition coefficient (Wildman–Crippen LogP) is 5.05. The largest absolute Gasteiger partial charge is 0.482 e. The molecule has 1 amide bonds. The summed E-state index contributed by atoms with van der Waals surface area (Å²) < 4.78 is 6.48. The first-order valence-electron chi connectivity index (χ1n) is 6.83. The van der Waals surface area contributed by atoms with Gasteiger partial charge in [-0.2, -0.15) is 0 Å². The fourth-order valence-corrected chi connectivity index (χ4v) is 3.11. The van der Waals surface area contributed by atoms with Crippen molar-refractivity contribution >= 4 is 39.1 Å². The van der Waals surface area contributed by atoms with Crippen LogP contribution < -0.4 is 10.1 Å². The highest BCUT2D eigenvalue weighted by Gasteiger charge is 2.11. The van der Waals surface area contributed by atoms with Crippen LogP contribution in [0.4, 0.5) is 5.69 Å². The molecule has 0 fully saturated rings. The molecule has 0 aliphatic rings. The molecular formula is C17H17BrClNO2. The Morgan fingerprint density at radius 3 is 2.68 bits per heavy atom. The van der Waals surface area contributed by atoms with Gasteiger partial charge in [0, 0.05) is 10.7 Å². The number of ether oxygens (including phenoxy) is 1. The van der Waals surface area contributed by atoms with Gasteiger partial charge in [0.25, 0.3) is 5.91 Å². The number of amides is 1. The Bertz CT molecular complexity index is 693. The number of benzene rings is 2. The maximum absolute atomic E-state index is 12.0. The number of rotatable bonds is 4. The lowest BCUT2D eigenvalue weighted by atomic mass is 10.1. The minimum Gasteiger partial charge on any atom is -0.482 e. The molecule has 0 bridgehead atoms. The summed E-state index contributed by atoms with van der Waals surface area (Å²) in [6, 6.07) is 9.37. The summed E-state index contributed by atoms with van der Waals surface area (Å²) in [5, 5.41) is 3.43. The molecule has 0 saturated carbocycles. The monoisotopic (exact) mass is 381 g/mol. The molecule has 0 aliphatic carbocycles. The second-order valence-corrected chi connectivity index (χ2v) is 6.40. The fraction of sp³-hybridized carbons (Fsp3) is 0.235. The van der Waals surface area contributed by atoms with Gasteiger partial charge >= 0.3 is 0 Å². The zero-order valence-corrected chi connectivity index (χ0v) is 15.0. The van der Waals surface area contributed by atoms with Gasteiger partial charge in [0.05, 0.1) is 4.47 Å². The number of hydrogen-bond acceptors (Lipinski definition) is 2. The van der Waals surface area contributed by atoms with Crippen molar-refractivity contribution in [3.63, 3.8) is 0 Å². The molecule has 3 nitrogen and oxygen atoms in total. The molecule has 22 heavy (non-hydrogen) atoms. The molecule has 116 valence electrons. The Morgan fingerprint density at radius 1 is 1.27 bits per heavy atom. The van der Waals surface area contributed by atoms with E-state index >= 15 is 0 Å². The summed E-state index contributed by atoms with van der Waals surface area (Å²) in [5.41, 5.74) is 3.65. The highest BCUT2D eigenvalue weighted by Crippen LogP contribution is 2.30. The van der Waals surface area contributed by atoms with Gasteiger partial charge in [-0.15, -0.1) is 0 Å². The van der Waals surface area contributed by atoms with Gasteiger partial charge in [-0.1, -0.05) is 23.7 Å². The van der Waals surface area contributed by atoms with E-state index in [1.165, 1.54) is 0 Å². The third kappa shape index (κ3) is 4.02. The first-order valence-corrected chi connectivity index (χ1v) is 8.00. The van der Waals surface area contributed by atoms with E-state index in [1.54, 1.807) is 12.1 Å². The standard InChI is InChI=1S/C17H17BrClNO2/c1-10-7-11(2)17(13(18)8-10)22-9-16(21)20-15-6-4-5-14(19)12(15)3/h4-8H,9H2,1-3H3,(H,20,21). The van der Waals surface area contributed by atoms with E-state index < -0.39 is 0 Å². The summed E-state index contributed by atoms with van der Waals surface area (Å²) in [5.74, 6) is 0.459. The lowest BCUT2D eigenvalue weighted by Gasteiger charge is -2.13. The van der Waals surface area contributed by atoms with Gasteiger partial charge in [0.15, 0.2) is 6.61 Å². The highest BCUT2D eigenvalue weighted by molar-refractivity contribution is 9.10. The summed E-state index contributed by atoms with van der Waals surface area (Å²) >= 11 is 9.50. The minimum atomic E-state index is -0.225. The average Bonchev–Trinajstić information content (AvgIpc) is 2.42. The zero-order valence-electron chi connectivity index (χ0n) is 12.7. The highest BCUT2D eigenvalue weighted by atomic mass is 79.9. The van der Waals surface area contributed by atoms with E-state index in [-0.39, 0.29) is 12.5 Å². The lowest BCUT2D eigenvalue weighted by molar-refractivity contribution is -0.118. The topological polar surface area (TPSA) is 38.3 Å². The number of halogens is 2. The maximum Gasteiger partial charge on any atom is 0.262 e. The van der Waals surface area contributed by atoms with Crippen molar-refractivity contribution in [2.45, 2.75) is 20.8 Å². The maximum atomic E-state index is 12.0. The molecule has 0 spiro atoms. The number of carbonyl (C=O) groups is 1. The van der Waals surface area contributed by atoms with Crippen molar-refractivity contribution in [3.8, 4) is 5.75 Å². The van der Waals surface area contributed by atoms with Crippen LogP contribution in [0.3, 0.4) is 0 Å². The first-order chi connectivity index (χ1) is 10.4. The quantitative estimate of drug-likeness (QED) is 0.804. The molecule has 0 aromatic heterocycles.